The lowest BCUT2D eigenvalue weighted by Crippen LogP contribution is -2.17. The van der Waals surface area contributed by atoms with Gasteiger partial charge in [-0.3, -0.25) is 0 Å². The highest BCUT2D eigenvalue weighted by Crippen LogP contribution is 2.30. The summed E-state index contributed by atoms with van der Waals surface area (Å²) in [5.41, 5.74) is 6.83. The third-order valence-electron chi connectivity index (χ3n) is 3.07. The maximum Gasteiger partial charge on any atom is 0.180 e. The lowest BCUT2D eigenvalue weighted by atomic mass is 10.1. The minimum absolute atomic E-state index is 0. The van der Waals surface area contributed by atoms with Crippen LogP contribution in [0.5, 0.6) is 11.5 Å². The second-order valence-electron chi connectivity index (χ2n) is 4.57. The van der Waals surface area contributed by atoms with Crippen molar-refractivity contribution in [2.75, 3.05) is 25.5 Å². The van der Waals surface area contributed by atoms with Crippen LogP contribution in [0.25, 0.3) is 0 Å². The molecule has 1 aliphatic heterocycles. The summed E-state index contributed by atoms with van der Waals surface area (Å²) in [6.07, 6.45) is 2.77. The molecule has 0 amide bonds. The largest absolute Gasteiger partial charge is 0.486 e. The molecule has 1 aliphatic rings. The summed E-state index contributed by atoms with van der Waals surface area (Å²) in [5.74, 6) is 1.69. The Bertz CT molecular complexity index is 591. The molecular formula is C14H18ClN3O2S. The SMILES string of the molecule is Cl.Nc1ncc(CNCCc2ccc3c(c2)OCCO3)s1. The number of rotatable bonds is 5. The zero-order valence-electron chi connectivity index (χ0n) is 11.5. The summed E-state index contributed by atoms with van der Waals surface area (Å²) in [4.78, 5) is 5.18. The van der Waals surface area contributed by atoms with E-state index in [4.69, 9.17) is 15.2 Å². The first kappa shape index (κ1) is 15.9. The Balaban J connectivity index is 0.00000161. The third kappa shape index (κ3) is 4.23. The fourth-order valence-electron chi connectivity index (χ4n) is 2.09. The molecule has 0 aliphatic carbocycles. The predicted molar refractivity (Wildman–Crippen MR) is 86.6 cm³/mol. The number of nitrogens with two attached hydrogens (primary N) is 1. The first-order valence-corrected chi connectivity index (χ1v) is 7.42. The zero-order valence-corrected chi connectivity index (χ0v) is 13.1. The standard InChI is InChI=1S/C14H17N3O2S.ClH/c15-14-17-9-11(20-14)8-16-4-3-10-1-2-12-13(7-10)19-6-5-18-12;/h1-2,7,9,16H,3-6,8H2,(H2,15,17);1H. The molecule has 2 heterocycles. The highest BCUT2D eigenvalue weighted by atomic mass is 35.5. The molecular weight excluding hydrogens is 310 g/mol. The third-order valence-corrected chi connectivity index (χ3v) is 3.89. The van der Waals surface area contributed by atoms with E-state index in [1.807, 2.05) is 12.3 Å². The average molecular weight is 328 g/mol. The van der Waals surface area contributed by atoms with E-state index < -0.39 is 0 Å². The molecule has 21 heavy (non-hydrogen) atoms. The fourth-order valence-corrected chi connectivity index (χ4v) is 2.75. The molecule has 0 radical (unpaired) electrons. The first-order chi connectivity index (χ1) is 9.81. The Hall–Kier alpha value is -1.50. The molecule has 1 aromatic heterocycles. The summed E-state index contributed by atoms with van der Waals surface area (Å²) < 4.78 is 11.1. The number of hydrogen-bond acceptors (Lipinski definition) is 6. The molecule has 0 spiro atoms. The molecule has 0 fully saturated rings. The number of hydrogen-bond donors (Lipinski definition) is 2. The van der Waals surface area contributed by atoms with Crippen LogP contribution < -0.4 is 20.5 Å². The number of nitrogens with zero attached hydrogens (tertiary/aromatic N) is 1. The molecule has 114 valence electrons. The second kappa shape index (κ2) is 7.49. The number of anilines is 1. The van der Waals surface area contributed by atoms with E-state index in [9.17, 15) is 0 Å². The van der Waals surface area contributed by atoms with Gasteiger partial charge in [0.1, 0.15) is 13.2 Å². The number of halogens is 1. The lowest BCUT2D eigenvalue weighted by Gasteiger charge is -2.18. The van der Waals surface area contributed by atoms with Crippen LogP contribution in [0.2, 0.25) is 0 Å². The Morgan fingerprint density at radius 1 is 1.24 bits per heavy atom. The Labute approximate surface area is 133 Å². The van der Waals surface area contributed by atoms with Crippen LogP contribution in [0.4, 0.5) is 5.13 Å². The zero-order chi connectivity index (χ0) is 13.8. The van der Waals surface area contributed by atoms with Gasteiger partial charge in [-0.25, -0.2) is 4.98 Å². The van der Waals surface area contributed by atoms with E-state index in [1.165, 1.54) is 16.9 Å². The average Bonchev–Trinajstić information content (AvgIpc) is 2.89. The maximum absolute atomic E-state index is 5.59. The minimum Gasteiger partial charge on any atom is -0.486 e. The van der Waals surface area contributed by atoms with Crippen LogP contribution in [0.1, 0.15) is 10.4 Å². The number of fused-ring (bicyclic) bond motifs is 1. The van der Waals surface area contributed by atoms with E-state index >= 15 is 0 Å². The number of benzene rings is 1. The lowest BCUT2D eigenvalue weighted by molar-refractivity contribution is 0.171. The van der Waals surface area contributed by atoms with Gasteiger partial charge in [-0.2, -0.15) is 0 Å². The summed E-state index contributed by atoms with van der Waals surface area (Å²) in [5, 5.41) is 4.01. The van der Waals surface area contributed by atoms with Crippen LogP contribution >= 0.6 is 23.7 Å². The molecule has 7 heteroatoms. The van der Waals surface area contributed by atoms with Gasteiger partial charge >= 0.3 is 0 Å². The summed E-state index contributed by atoms with van der Waals surface area (Å²) in [6.45, 7) is 2.96. The van der Waals surface area contributed by atoms with E-state index in [1.54, 1.807) is 0 Å². The van der Waals surface area contributed by atoms with Crippen molar-refractivity contribution in [1.82, 2.24) is 10.3 Å². The predicted octanol–water partition coefficient (Wildman–Crippen LogP) is 2.25. The van der Waals surface area contributed by atoms with Crippen molar-refractivity contribution in [3.05, 3.63) is 34.8 Å². The van der Waals surface area contributed by atoms with E-state index in [0.717, 1.165) is 35.9 Å². The van der Waals surface area contributed by atoms with Gasteiger partial charge in [0, 0.05) is 17.6 Å². The van der Waals surface area contributed by atoms with Gasteiger partial charge < -0.3 is 20.5 Å². The molecule has 1 aromatic carbocycles. The van der Waals surface area contributed by atoms with Crippen LogP contribution in [0.3, 0.4) is 0 Å². The minimum atomic E-state index is 0. The summed E-state index contributed by atoms with van der Waals surface area (Å²) in [6, 6.07) is 6.12. The quantitative estimate of drug-likeness (QED) is 0.824. The highest BCUT2D eigenvalue weighted by Gasteiger charge is 2.11. The summed E-state index contributed by atoms with van der Waals surface area (Å²) >= 11 is 1.52. The Morgan fingerprint density at radius 3 is 2.81 bits per heavy atom. The van der Waals surface area contributed by atoms with Gasteiger partial charge in [-0.15, -0.1) is 23.7 Å². The van der Waals surface area contributed by atoms with E-state index in [2.05, 4.69) is 22.4 Å². The summed E-state index contributed by atoms with van der Waals surface area (Å²) in [7, 11) is 0. The Kier molecular flexibility index (Phi) is 5.67. The molecule has 3 rings (SSSR count). The van der Waals surface area contributed by atoms with Crippen molar-refractivity contribution < 1.29 is 9.47 Å². The number of ether oxygens (including phenoxy) is 2. The number of nitrogens with one attached hydrogen (secondary N) is 1. The van der Waals surface area contributed by atoms with Crippen LogP contribution in [-0.2, 0) is 13.0 Å². The molecule has 0 saturated heterocycles. The van der Waals surface area contributed by atoms with Crippen LogP contribution in [0.15, 0.2) is 24.4 Å². The Morgan fingerprint density at radius 2 is 2.05 bits per heavy atom. The smallest absolute Gasteiger partial charge is 0.180 e. The molecule has 0 bridgehead atoms. The number of thiazole rings is 1. The number of nitrogen functional groups attached to an aromatic ring is 1. The van der Waals surface area contributed by atoms with Crippen LogP contribution in [0, 0.1) is 0 Å². The monoisotopic (exact) mass is 327 g/mol. The molecule has 3 N–H and O–H groups in total. The normalized spacial score (nSPS) is 12.8. The van der Waals surface area contributed by atoms with Crippen molar-refractivity contribution in [3.8, 4) is 11.5 Å². The molecule has 0 atom stereocenters. The van der Waals surface area contributed by atoms with Gasteiger partial charge in [0.05, 0.1) is 0 Å². The fraction of sp³-hybridized carbons (Fsp3) is 0.357. The van der Waals surface area contributed by atoms with E-state index in [-0.39, 0.29) is 12.4 Å². The van der Waals surface area contributed by atoms with Gasteiger partial charge in [0.15, 0.2) is 16.6 Å². The van der Waals surface area contributed by atoms with Gasteiger partial charge in [0.25, 0.3) is 0 Å². The van der Waals surface area contributed by atoms with Gasteiger partial charge in [-0.1, -0.05) is 6.07 Å². The topological polar surface area (TPSA) is 69.4 Å². The van der Waals surface area contributed by atoms with Gasteiger partial charge in [0.2, 0.25) is 0 Å². The molecule has 0 saturated carbocycles. The highest BCUT2D eigenvalue weighted by molar-refractivity contribution is 7.15. The van der Waals surface area contributed by atoms with Crippen molar-refractivity contribution in [1.29, 1.82) is 0 Å². The van der Waals surface area contributed by atoms with Crippen LogP contribution in [-0.4, -0.2) is 24.7 Å². The van der Waals surface area contributed by atoms with Crippen molar-refractivity contribution in [3.63, 3.8) is 0 Å². The van der Waals surface area contributed by atoms with E-state index in [0.29, 0.717) is 18.3 Å². The molecule has 5 nitrogen and oxygen atoms in total. The second-order valence-corrected chi connectivity index (χ2v) is 5.72. The molecule has 2 aromatic rings. The molecule has 0 unspecified atom stereocenters. The number of aromatic nitrogens is 1. The first-order valence-electron chi connectivity index (χ1n) is 6.61. The van der Waals surface area contributed by atoms with Gasteiger partial charge in [-0.05, 0) is 30.7 Å². The van der Waals surface area contributed by atoms with Crippen molar-refractivity contribution in [2.45, 2.75) is 13.0 Å². The van der Waals surface area contributed by atoms with Crippen molar-refractivity contribution in [2.24, 2.45) is 0 Å². The van der Waals surface area contributed by atoms with Crippen molar-refractivity contribution >= 4 is 28.9 Å². The maximum atomic E-state index is 5.59.